The molecule has 3 fully saturated rings. The van der Waals surface area contributed by atoms with Gasteiger partial charge in [-0.15, -0.1) is 0 Å². The summed E-state index contributed by atoms with van der Waals surface area (Å²) in [5.74, 6) is 4.99. The van der Waals surface area contributed by atoms with Gasteiger partial charge in [0, 0.05) is 12.5 Å². The van der Waals surface area contributed by atoms with Gasteiger partial charge in [0.1, 0.15) is 0 Å². The van der Waals surface area contributed by atoms with Crippen LogP contribution in [0, 0.1) is 46.3 Å². The Balaban J connectivity index is 1.40. The first-order chi connectivity index (χ1) is 17.1. The molecule has 5 heteroatoms. The van der Waals surface area contributed by atoms with E-state index in [0.29, 0.717) is 5.41 Å². The van der Waals surface area contributed by atoms with Crippen LogP contribution in [0.4, 0.5) is 13.2 Å². The van der Waals surface area contributed by atoms with Gasteiger partial charge in [-0.3, -0.25) is 0 Å². The van der Waals surface area contributed by atoms with Crippen LogP contribution in [-0.4, -0.2) is 20.6 Å². The van der Waals surface area contributed by atoms with Crippen molar-refractivity contribution in [2.24, 2.45) is 46.3 Å². The Hall–Kier alpha value is -0.293. The molecule has 0 aromatic rings. The summed E-state index contributed by atoms with van der Waals surface area (Å²) in [6.07, 6.45) is 11.9. The van der Waals surface area contributed by atoms with Crippen molar-refractivity contribution in [1.82, 2.24) is 0 Å². The van der Waals surface area contributed by atoms with Crippen LogP contribution < -0.4 is 0 Å². The first kappa shape index (κ1) is 29.7. The molecule has 0 radical (unpaired) electrons. The number of hydrogen-bond donors (Lipinski definition) is 0. The number of rotatable bonds is 9. The summed E-state index contributed by atoms with van der Waals surface area (Å²) in [5.41, 5.74) is 2.35. The minimum absolute atomic E-state index is 0.113. The standard InChI is InChI=1S/C32H55F3OSi/c1-22(2)9-8-10-23(3)27-13-14-28-26-12-11-24-21-25(36-37(6,7)20-19-32(33,34)35)15-17-30(24,4)29(26)16-18-31(27,28)5/h11,22-23,25-29H,8-10,12-21H2,1-7H3/t23-,25+,26+,27-,28+,29+,30+,31-/m1/s1. The molecular formula is C32H55F3OSi. The molecule has 0 aliphatic heterocycles. The van der Waals surface area contributed by atoms with Crippen molar-refractivity contribution in [3.63, 3.8) is 0 Å². The predicted octanol–water partition coefficient (Wildman–Crippen LogP) is 10.6. The smallest absolute Gasteiger partial charge is 0.388 e. The average Bonchev–Trinajstić information content (AvgIpc) is 3.14. The van der Waals surface area contributed by atoms with E-state index in [1.54, 1.807) is 5.57 Å². The molecule has 4 rings (SSSR count). The highest BCUT2D eigenvalue weighted by Gasteiger charge is 2.59. The number of hydrogen-bond acceptors (Lipinski definition) is 1. The van der Waals surface area contributed by atoms with Gasteiger partial charge in [-0.2, -0.15) is 13.2 Å². The third-order valence-corrected chi connectivity index (χ3v) is 14.2. The van der Waals surface area contributed by atoms with E-state index >= 15 is 0 Å². The third kappa shape index (κ3) is 6.39. The van der Waals surface area contributed by atoms with Crippen LogP contribution in [0.2, 0.25) is 19.1 Å². The van der Waals surface area contributed by atoms with Gasteiger partial charge in [-0.1, -0.05) is 65.5 Å². The summed E-state index contributed by atoms with van der Waals surface area (Å²) < 4.78 is 44.9. The Bertz CT molecular complexity index is 819. The maximum atomic E-state index is 12.8. The minimum atomic E-state index is -4.08. The summed E-state index contributed by atoms with van der Waals surface area (Å²) in [6.45, 7) is 16.4. The molecule has 8 atom stereocenters. The van der Waals surface area contributed by atoms with Gasteiger partial charge in [-0.25, -0.2) is 0 Å². The molecular weight excluding hydrogens is 485 g/mol. The number of alkyl halides is 3. The summed E-state index contributed by atoms with van der Waals surface area (Å²) in [4.78, 5) is 0. The van der Waals surface area contributed by atoms with Crippen LogP contribution in [0.5, 0.6) is 0 Å². The summed E-state index contributed by atoms with van der Waals surface area (Å²) in [7, 11) is -2.33. The van der Waals surface area contributed by atoms with Crippen molar-refractivity contribution in [1.29, 1.82) is 0 Å². The van der Waals surface area contributed by atoms with E-state index in [9.17, 15) is 13.2 Å². The van der Waals surface area contributed by atoms with Crippen molar-refractivity contribution in [3.05, 3.63) is 11.6 Å². The normalized spacial score (nSPS) is 39.1. The molecule has 0 heterocycles. The lowest BCUT2D eigenvalue weighted by Crippen LogP contribution is -2.51. The summed E-state index contributed by atoms with van der Waals surface area (Å²) in [5, 5.41) is 0. The van der Waals surface area contributed by atoms with Crippen LogP contribution in [-0.2, 0) is 4.43 Å². The third-order valence-electron chi connectivity index (χ3n) is 11.8. The Kier molecular flexibility index (Phi) is 8.78. The Morgan fingerprint density at radius 1 is 1.00 bits per heavy atom. The fraction of sp³-hybridized carbons (Fsp3) is 0.938. The fourth-order valence-corrected chi connectivity index (χ4v) is 11.8. The molecule has 1 nitrogen and oxygen atoms in total. The molecule has 0 spiro atoms. The molecule has 0 aromatic carbocycles. The van der Waals surface area contributed by atoms with E-state index in [-0.39, 0.29) is 17.6 Å². The highest BCUT2D eigenvalue weighted by atomic mass is 28.4. The Morgan fingerprint density at radius 3 is 2.41 bits per heavy atom. The van der Waals surface area contributed by atoms with Gasteiger partial charge in [0.25, 0.3) is 0 Å². The molecule has 0 aromatic heterocycles. The zero-order chi connectivity index (χ0) is 27.2. The molecule has 3 saturated carbocycles. The average molecular weight is 541 g/mol. The molecule has 0 amide bonds. The van der Waals surface area contributed by atoms with Crippen LogP contribution in [0.25, 0.3) is 0 Å². The van der Waals surface area contributed by atoms with Crippen LogP contribution in [0.15, 0.2) is 11.6 Å². The predicted molar refractivity (Wildman–Crippen MR) is 151 cm³/mol. The first-order valence-electron chi connectivity index (χ1n) is 15.6. The largest absolute Gasteiger partial charge is 0.414 e. The maximum Gasteiger partial charge on any atom is 0.388 e. The lowest BCUT2D eigenvalue weighted by Gasteiger charge is -2.58. The van der Waals surface area contributed by atoms with Crippen molar-refractivity contribution < 1.29 is 17.6 Å². The zero-order valence-electron chi connectivity index (χ0n) is 24.9. The van der Waals surface area contributed by atoms with Crippen molar-refractivity contribution in [2.75, 3.05) is 0 Å². The van der Waals surface area contributed by atoms with E-state index in [1.165, 1.54) is 51.4 Å². The fourth-order valence-electron chi connectivity index (χ4n) is 9.71. The molecule has 4 aliphatic carbocycles. The molecule has 4 aliphatic rings. The second kappa shape index (κ2) is 10.9. The number of allylic oxidation sites excluding steroid dienone is 1. The lowest BCUT2D eigenvalue weighted by molar-refractivity contribution is -0.131. The first-order valence-corrected chi connectivity index (χ1v) is 18.7. The summed E-state index contributed by atoms with van der Waals surface area (Å²) >= 11 is 0. The topological polar surface area (TPSA) is 9.23 Å². The highest BCUT2D eigenvalue weighted by Crippen LogP contribution is 2.67. The molecule has 0 saturated heterocycles. The van der Waals surface area contributed by atoms with Gasteiger partial charge in [0.05, 0.1) is 0 Å². The maximum absolute atomic E-state index is 12.8. The van der Waals surface area contributed by atoms with Gasteiger partial charge < -0.3 is 4.43 Å². The van der Waals surface area contributed by atoms with Crippen molar-refractivity contribution in [3.8, 4) is 0 Å². The SMILES string of the molecule is CC(C)CCC[C@@H](C)[C@H]1CC[C@H]2[C@@H]3CC=C4C[C@@H](O[Si](C)(C)CCC(F)(F)F)CC[C@]4(C)[C@H]3CC[C@]12C. The van der Waals surface area contributed by atoms with Gasteiger partial charge in [-0.05, 0) is 117 Å². The van der Waals surface area contributed by atoms with Crippen molar-refractivity contribution in [2.45, 2.75) is 143 Å². The molecule has 0 unspecified atom stereocenters. The van der Waals surface area contributed by atoms with E-state index in [4.69, 9.17) is 4.43 Å². The van der Waals surface area contributed by atoms with Crippen LogP contribution in [0.1, 0.15) is 112 Å². The van der Waals surface area contributed by atoms with Gasteiger partial charge in [0.2, 0.25) is 0 Å². The van der Waals surface area contributed by atoms with E-state index < -0.39 is 20.9 Å². The van der Waals surface area contributed by atoms with Crippen LogP contribution >= 0.6 is 0 Å². The minimum Gasteiger partial charge on any atom is -0.414 e. The van der Waals surface area contributed by atoms with E-state index in [1.807, 2.05) is 13.1 Å². The van der Waals surface area contributed by atoms with Crippen LogP contribution in [0.3, 0.4) is 0 Å². The van der Waals surface area contributed by atoms with E-state index in [0.717, 1.165) is 54.8 Å². The van der Waals surface area contributed by atoms with Gasteiger partial charge >= 0.3 is 6.18 Å². The quantitative estimate of drug-likeness (QED) is 0.209. The lowest BCUT2D eigenvalue weighted by atomic mass is 9.47. The molecule has 37 heavy (non-hydrogen) atoms. The highest BCUT2D eigenvalue weighted by molar-refractivity contribution is 6.71. The molecule has 214 valence electrons. The molecule has 0 bridgehead atoms. The van der Waals surface area contributed by atoms with E-state index in [2.05, 4.69) is 40.7 Å². The monoisotopic (exact) mass is 540 g/mol. The Labute approximate surface area is 226 Å². The second-order valence-corrected chi connectivity index (χ2v) is 19.4. The number of halogens is 3. The second-order valence-electron chi connectivity index (χ2n) is 15.1. The van der Waals surface area contributed by atoms with Crippen molar-refractivity contribution >= 4 is 8.32 Å². The van der Waals surface area contributed by atoms with Gasteiger partial charge in [0.15, 0.2) is 8.32 Å². The number of fused-ring (bicyclic) bond motifs is 5. The zero-order valence-corrected chi connectivity index (χ0v) is 25.9. The Morgan fingerprint density at radius 2 is 1.73 bits per heavy atom. The molecule has 0 N–H and O–H groups in total. The summed E-state index contributed by atoms with van der Waals surface area (Å²) in [6, 6.07) is 0.172.